The molecular weight excluding hydrogens is 206 g/mol. The van der Waals surface area contributed by atoms with Crippen molar-refractivity contribution in [3.63, 3.8) is 0 Å². The van der Waals surface area contributed by atoms with Crippen molar-refractivity contribution in [2.75, 3.05) is 5.32 Å². The van der Waals surface area contributed by atoms with Crippen LogP contribution in [0.3, 0.4) is 0 Å². The summed E-state index contributed by atoms with van der Waals surface area (Å²) in [6.07, 6.45) is 7.77. The average molecular weight is 227 g/mol. The van der Waals surface area contributed by atoms with E-state index in [1.54, 1.807) is 0 Å². The molecule has 2 aliphatic rings. The Labute approximate surface area is 104 Å². The highest BCUT2D eigenvalue weighted by molar-refractivity contribution is 5.80. The molecule has 1 aliphatic heterocycles. The molecule has 2 unspecified atom stereocenters. The zero-order chi connectivity index (χ0) is 11.9. The molecule has 90 valence electrons. The number of nitrogens with one attached hydrogen (secondary N) is 1. The molecule has 3 rings (SSSR count). The molecule has 0 aromatic heterocycles. The molecule has 1 saturated carbocycles. The van der Waals surface area contributed by atoms with Crippen LogP contribution in [0.4, 0.5) is 5.69 Å². The average Bonchev–Trinajstić information content (AvgIpc) is 2.28. The lowest BCUT2D eigenvalue weighted by Crippen LogP contribution is -2.42. The Hall–Kier alpha value is -1.24. The maximum Gasteiger partial charge on any atom is 0.0564 e. The first kappa shape index (κ1) is 10.9. The van der Waals surface area contributed by atoms with Gasteiger partial charge in [-0.1, -0.05) is 44.0 Å². The van der Waals surface area contributed by atoms with Gasteiger partial charge < -0.3 is 5.32 Å². The monoisotopic (exact) mass is 227 g/mol. The smallest absolute Gasteiger partial charge is 0.0564 e. The molecule has 0 amide bonds. The molecular formula is C16H21N. The van der Waals surface area contributed by atoms with Crippen LogP contribution in [0.1, 0.15) is 45.1 Å². The van der Waals surface area contributed by atoms with Crippen molar-refractivity contribution in [3.8, 4) is 0 Å². The van der Waals surface area contributed by atoms with E-state index in [9.17, 15) is 0 Å². The second-order valence-electron chi connectivity index (χ2n) is 5.86. The molecule has 1 aliphatic carbocycles. The lowest BCUT2D eigenvalue weighted by atomic mass is 9.73. The summed E-state index contributed by atoms with van der Waals surface area (Å²) in [5.74, 6) is 0.838. The standard InChI is InChI=1S/C16H21N/c1-12-6-5-9-16(10-12)11-13(2)14-7-3-4-8-15(14)17-16/h3-4,7-8,11-12,17H,5-6,9-10H2,1-2H3. The zero-order valence-corrected chi connectivity index (χ0v) is 10.8. The van der Waals surface area contributed by atoms with Crippen molar-refractivity contribution < 1.29 is 0 Å². The Kier molecular flexibility index (Phi) is 2.50. The van der Waals surface area contributed by atoms with Crippen molar-refractivity contribution >= 4 is 11.3 Å². The molecule has 17 heavy (non-hydrogen) atoms. The van der Waals surface area contributed by atoms with Crippen LogP contribution < -0.4 is 5.32 Å². The number of hydrogen-bond acceptors (Lipinski definition) is 1. The highest BCUT2D eigenvalue weighted by atomic mass is 15.0. The van der Waals surface area contributed by atoms with Gasteiger partial charge in [-0.05, 0) is 37.3 Å². The minimum absolute atomic E-state index is 0.232. The summed E-state index contributed by atoms with van der Waals surface area (Å²) in [4.78, 5) is 0. The van der Waals surface area contributed by atoms with E-state index in [4.69, 9.17) is 0 Å². The molecule has 1 aromatic rings. The van der Waals surface area contributed by atoms with Gasteiger partial charge in [0.05, 0.1) is 5.54 Å². The van der Waals surface area contributed by atoms with E-state index in [-0.39, 0.29) is 5.54 Å². The van der Waals surface area contributed by atoms with E-state index in [1.165, 1.54) is 42.5 Å². The highest BCUT2D eigenvalue weighted by Crippen LogP contribution is 2.42. The van der Waals surface area contributed by atoms with Crippen LogP contribution in [0.2, 0.25) is 0 Å². The van der Waals surface area contributed by atoms with Crippen LogP contribution in [0.15, 0.2) is 30.3 Å². The van der Waals surface area contributed by atoms with Gasteiger partial charge in [-0.15, -0.1) is 0 Å². The number of anilines is 1. The van der Waals surface area contributed by atoms with Crippen molar-refractivity contribution in [3.05, 3.63) is 35.9 Å². The Balaban J connectivity index is 1.99. The lowest BCUT2D eigenvalue weighted by Gasteiger charge is -2.42. The van der Waals surface area contributed by atoms with E-state index in [0.717, 1.165) is 5.92 Å². The predicted octanol–water partition coefficient (Wildman–Crippen LogP) is 4.46. The predicted molar refractivity (Wildman–Crippen MR) is 74.1 cm³/mol. The van der Waals surface area contributed by atoms with Crippen molar-refractivity contribution in [2.45, 2.75) is 45.1 Å². The summed E-state index contributed by atoms with van der Waals surface area (Å²) in [6.45, 7) is 4.63. The third-order valence-electron chi connectivity index (χ3n) is 4.26. The van der Waals surface area contributed by atoms with Crippen molar-refractivity contribution in [1.29, 1.82) is 0 Å². The van der Waals surface area contributed by atoms with Crippen LogP contribution in [0.25, 0.3) is 5.57 Å². The van der Waals surface area contributed by atoms with E-state index in [1.807, 2.05) is 0 Å². The Morgan fingerprint density at radius 3 is 2.94 bits per heavy atom. The summed E-state index contributed by atoms with van der Waals surface area (Å²) in [6, 6.07) is 8.68. The summed E-state index contributed by atoms with van der Waals surface area (Å²) >= 11 is 0. The molecule has 1 fully saturated rings. The number of benzene rings is 1. The molecule has 0 bridgehead atoms. The number of allylic oxidation sites excluding steroid dienone is 1. The number of para-hydroxylation sites is 1. The summed E-state index contributed by atoms with van der Waals surface area (Å²) in [7, 11) is 0. The normalized spacial score (nSPS) is 31.6. The first-order valence-corrected chi connectivity index (χ1v) is 6.76. The van der Waals surface area contributed by atoms with E-state index < -0.39 is 0 Å². The minimum atomic E-state index is 0.232. The van der Waals surface area contributed by atoms with Gasteiger partial charge in [-0.25, -0.2) is 0 Å². The van der Waals surface area contributed by atoms with Gasteiger partial charge in [0, 0.05) is 11.3 Å². The number of hydrogen-bond donors (Lipinski definition) is 1. The van der Waals surface area contributed by atoms with E-state index >= 15 is 0 Å². The third-order valence-corrected chi connectivity index (χ3v) is 4.26. The molecule has 1 N–H and O–H groups in total. The molecule has 1 spiro atoms. The molecule has 0 radical (unpaired) electrons. The van der Waals surface area contributed by atoms with Gasteiger partial charge in [-0.2, -0.15) is 0 Å². The first-order chi connectivity index (χ1) is 8.19. The second-order valence-corrected chi connectivity index (χ2v) is 5.86. The quantitative estimate of drug-likeness (QED) is 0.689. The largest absolute Gasteiger partial charge is 0.376 e. The Morgan fingerprint density at radius 2 is 2.12 bits per heavy atom. The lowest BCUT2D eigenvalue weighted by molar-refractivity contribution is 0.301. The summed E-state index contributed by atoms with van der Waals surface area (Å²) in [5.41, 5.74) is 4.36. The fourth-order valence-electron chi connectivity index (χ4n) is 3.57. The maximum atomic E-state index is 3.80. The molecule has 1 heterocycles. The van der Waals surface area contributed by atoms with Crippen LogP contribution in [-0.2, 0) is 0 Å². The second kappa shape index (κ2) is 3.90. The van der Waals surface area contributed by atoms with Gasteiger partial charge in [0.1, 0.15) is 0 Å². The van der Waals surface area contributed by atoms with Crippen molar-refractivity contribution in [2.24, 2.45) is 5.92 Å². The Morgan fingerprint density at radius 1 is 1.29 bits per heavy atom. The van der Waals surface area contributed by atoms with Crippen LogP contribution in [-0.4, -0.2) is 5.54 Å². The Bertz CT molecular complexity index is 460. The molecule has 0 saturated heterocycles. The van der Waals surface area contributed by atoms with Crippen LogP contribution >= 0.6 is 0 Å². The number of fused-ring (bicyclic) bond motifs is 1. The van der Waals surface area contributed by atoms with Gasteiger partial charge in [-0.3, -0.25) is 0 Å². The topological polar surface area (TPSA) is 12.0 Å². The van der Waals surface area contributed by atoms with E-state index in [0.29, 0.717) is 0 Å². The summed E-state index contributed by atoms with van der Waals surface area (Å²) in [5, 5.41) is 3.80. The molecule has 1 nitrogen and oxygen atoms in total. The fraction of sp³-hybridized carbons (Fsp3) is 0.500. The van der Waals surface area contributed by atoms with Crippen LogP contribution in [0, 0.1) is 5.92 Å². The number of rotatable bonds is 0. The molecule has 2 atom stereocenters. The third kappa shape index (κ3) is 1.88. The van der Waals surface area contributed by atoms with Crippen LogP contribution in [0.5, 0.6) is 0 Å². The first-order valence-electron chi connectivity index (χ1n) is 6.76. The van der Waals surface area contributed by atoms with Gasteiger partial charge in [0.15, 0.2) is 0 Å². The molecule has 1 aromatic carbocycles. The maximum absolute atomic E-state index is 3.80. The zero-order valence-electron chi connectivity index (χ0n) is 10.8. The van der Waals surface area contributed by atoms with Crippen molar-refractivity contribution in [1.82, 2.24) is 0 Å². The van der Waals surface area contributed by atoms with Gasteiger partial charge in [0.25, 0.3) is 0 Å². The highest BCUT2D eigenvalue weighted by Gasteiger charge is 2.35. The van der Waals surface area contributed by atoms with Gasteiger partial charge in [0.2, 0.25) is 0 Å². The minimum Gasteiger partial charge on any atom is -0.376 e. The summed E-state index contributed by atoms with van der Waals surface area (Å²) < 4.78 is 0. The fourth-order valence-corrected chi connectivity index (χ4v) is 3.57. The van der Waals surface area contributed by atoms with E-state index in [2.05, 4.69) is 49.5 Å². The SMILES string of the molecule is CC1=CC2(CCCC(C)C2)Nc2ccccc21. The molecule has 1 heteroatoms. The van der Waals surface area contributed by atoms with Gasteiger partial charge >= 0.3 is 0 Å².